The fraction of sp³-hybridized carbons (Fsp3) is 1.00. The quantitative estimate of drug-likeness (QED) is 0.729. The second-order valence-corrected chi connectivity index (χ2v) is 6.66. The van der Waals surface area contributed by atoms with Gasteiger partial charge in [-0.1, -0.05) is 29.8 Å². The van der Waals surface area contributed by atoms with Crippen LogP contribution < -0.4 is 4.72 Å². The van der Waals surface area contributed by atoms with E-state index in [-0.39, 0.29) is 11.8 Å². The molecule has 0 aromatic rings. The highest BCUT2D eigenvalue weighted by Gasteiger charge is 2.14. The predicted octanol–water partition coefficient (Wildman–Crippen LogP) is 2.13. The number of halogens is 1. The maximum absolute atomic E-state index is 11.5. The summed E-state index contributed by atoms with van der Waals surface area (Å²) in [6.45, 7) is 5.93. The van der Waals surface area contributed by atoms with Crippen molar-refractivity contribution in [2.45, 2.75) is 39.7 Å². The summed E-state index contributed by atoms with van der Waals surface area (Å²) < 4.78 is 25.6. The standard InChI is InChI=1S/C9H20BrNO2S/c1-8(2)5-7-14(12,13)11-9(3)4-6-10/h8-9,11H,4-7H2,1-3H3. The fourth-order valence-corrected chi connectivity index (χ4v) is 3.30. The molecule has 0 aliphatic carbocycles. The second-order valence-electron chi connectivity index (χ2n) is 4.00. The summed E-state index contributed by atoms with van der Waals surface area (Å²) in [5, 5.41) is 0.820. The van der Waals surface area contributed by atoms with Crippen molar-refractivity contribution in [3.63, 3.8) is 0 Å². The van der Waals surface area contributed by atoms with Gasteiger partial charge < -0.3 is 0 Å². The predicted molar refractivity (Wildman–Crippen MR) is 64.3 cm³/mol. The Hall–Kier alpha value is 0.390. The molecule has 86 valence electrons. The van der Waals surface area contributed by atoms with Crippen LogP contribution in [0.3, 0.4) is 0 Å². The Bertz CT molecular complexity index is 239. The lowest BCUT2D eigenvalue weighted by Gasteiger charge is -2.13. The van der Waals surface area contributed by atoms with E-state index in [1.165, 1.54) is 0 Å². The minimum atomic E-state index is -3.07. The van der Waals surface area contributed by atoms with Crippen LogP contribution in [-0.4, -0.2) is 25.5 Å². The summed E-state index contributed by atoms with van der Waals surface area (Å²) in [5.41, 5.74) is 0. The van der Waals surface area contributed by atoms with Crippen LogP contribution in [0.4, 0.5) is 0 Å². The Morgan fingerprint density at radius 1 is 1.21 bits per heavy atom. The Kier molecular flexibility index (Phi) is 6.99. The third-order valence-electron chi connectivity index (χ3n) is 1.89. The number of sulfonamides is 1. The van der Waals surface area contributed by atoms with Crippen molar-refractivity contribution >= 4 is 26.0 Å². The summed E-state index contributed by atoms with van der Waals surface area (Å²) in [6, 6.07) is 0.0199. The first-order valence-corrected chi connectivity index (χ1v) is 7.70. The van der Waals surface area contributed by atoms with Gasteiger partial charge in [0, 0.05) is 11.4 Å². The van der Waals surface area contributed by atoms with E-state index in [9.17, 15) is 8.42 Å². The number of hydrogen-bond acceptors (Lipinski definition) is 2. The van der Waals surface area contributed by atoms with Gasteiger partial charge in [-0.05, 0) is 25.7 Å². The number of rotatable bonds is 7. The van der Waals surface area contributed by atoms with Gasteiger partial charge >= 0.3 is 0 Å². The summed E-state index contributed by atoms with van der Waals surface area (Å²) in [6.07, 6.45) is 1.54. The van der Waals surface area contributed by atoms with Crippen LogP contribution >= 0.6 is 15.9 Å². The number of nitrogens with one attached hydrogen (secondary N) is 1. The van der Waals surface area contributed by atoms with Crippen molar-refractivity contribution in [1.82, 2.24) is 4.72 Å². The minimum Gasteiger partial charge on any atom is -0.212 e. The molecule has 1 unspecified atom stereocenters. The lowest BCUT2D eigenvalue weighted by atomic mass is 10.2. The number of alkyl halides is 1. The Morgan fingerprint density at radius 3 is 2.21 bits per heavy atom. The topological polar surface area (TPSA) is 46.2 Å². The van der Waals surface area contributed by atoms with E-state index in [1.807, 2.05) is 20.8 Å². The Balaban J connectivity index is 3.95. The van der Waals surface area contributed by atoms with Gasteiger partial charge in [0.2, 0.25) is 10.0 Å². The molecule has 0 aliphatic rings. The average molecular weight is 286 g/mol. The molecule has 1 N–H and O–H groups in total. The first-order valence-electron chi connectivity index (χ1n) is 4.93. The van der Waals surface area contributed by atoms with E-state index >= 15 is 0 Å². The molecule has 0 aromatic carbocycles. The highest BCUT2D eigenvalue weighted by Crippen LogP contribution is 2.04. The lowest BCUT2D eigenvalue weighted by molar-refractivity contribution is 0.543. The maximum atomic E-state index is 11.5. The van der Waals surface area contributed by atoms with Crippen LogP contribution in [0.5, 0.6) is 0 Å². The van der Waals surface area contributed by atoms with Gasteiger partial charge in [-0.15, -0.1) is 0 Å². The van der Waals surface area contributed by atoms with E-state index < -0.39 is 10.0 Å². The van der Waals surface area contributed by atoms with Crippen LogP contribution in [-0.2, 0) is 10.0 Å². The van der Waals surface area contributed by atoms with E-state index in [0.29, 0.717) is 5.92 Å². The van der Waals surface area contributed by atoms with E-state index in [0.717, 1.165) is 18.2 Å². The van der Waals surface area contributed by atoms with E-state index in [1.54, 1.807) is 0 Å². The molecular weight excluding hydrogens is 266 g/mol. The molecule has 0 heterocycles. The van der Waals surface area contributed by atoms with Crippen LogP contribution in [0.2, 0.25) is 0 Å². The number of hydrogen-bond donors (Lipinski definition) is 1. The van der Waals surface area contributed by atoms with Crippen molar-refractivity contribution in [3.8, 4) is 0 Å². The van der Waals surface area contributed by atoms with Crippen molar-refractivity contribution in [2.24, 2.45) is 5.92 Å². The van der Waals surface area contributed by atoms with Crippen molar-refractivity contribution < 1.29 is 8.42 Å². The molecule has 0 saturated carbocycles. The molecule has 3 nitrogen and oxygen atoms in total. The molecule has 0 spiro atoms. The highest BCUT2D eigenvalue weighted by atomic mass is 79.9. The Labute approximate surface area is 95.8 Å². The monoisotopic (exact) mass is 285 g/mol. The van der Waals surface area contributed by atoms with Crippen molar-refractivity contribution in [1.29, 1.82) is 0 Å². The molecule has 0 aliphatic heterocycles. The third-order valence-corrected chi connectivity index (χ3v) is 3.88. The van der Waals surface area contributed by atoms with Gasteiger partial charge in [0.05, 0.1) is 5.75 Å². The molecule has 0 radical (unpaired) electrons. The molecular formula is C9H20BrNO2S. The highest BCUT2D eigenvalue weighted by molar-refractivity contribution is 9.09. The van der Waals surface area contributed by atoms with E-state index in [4.69, 9.17) is 0 Å². The fourth-order valence-electron chi connectivity index (χ4n) is 0.979. The zero-order valence-electron chi connectivity index (χ0n) is 9.09. The van der Waals surface area contributed by atoms with Crippen LogP contribution in [0.25, 0.3) is 0 Å². The molecule has 0 bridgehead atoms. The molecule has 0 rings (SSSR count). The first-order chi connectivity index (χ1) is 6.37. The smallest absolute Gasteiger partial charge is 0.211 e. The summed E-state index contributed by atoms with van der Waals surface area (Å²) in [4.78, 5) is 0. The zero-order valence-corrected chi connectivity index (χ0v) is 11.5. The summed E-state index contributed by atoms with van der Waals surface area (Å²) in [7, 11) is -3.07. The zero-order chi connectivity index (χ0) is 11.2. The van der Waals surface area contributed by atoms with Crippen LogP contribution in [0.1, 0.15) is 33.6 Å². The van der Waals surface area contributed by atoms with Gasteiger partial charge in [0.1, 0.15) is 0 Å². The van der Waals surface area contributed by atoms with Gasteiger partial charge in [0.15, 0.2) is 0 Å². The van der Waals surface area contributed by atoms with Gasteiger partial charge in [0.25, 0.3) is 0 Å². The van der Waals surface area contributed by atoms with Crippen LogP contribution in [0.15, 0.2) is 0 Å². The largest absolute Gasteiger partial charge is 0.212 e. The SMILES string of the molecule is CC(C)CCS(=O)(=O)NC(C)CCBr. The lowest BCUT2D eigenvalue weighted by Crippen LogP contribution is -2.34. The molecule has 0 aromatic heterocycles. The molecule has 5 heteroatoms. The van der Waals surface area contributed by atoms with Gasteiger partial charge in [-0.25, -0.2) is 13.1 Å². The average Bonchev–Trinajstić information content (AvgIpc) is 2.00. The van der Waals surface area contributed by atoms with Crippen LogP contribution in [0, 0.1) is 5.92 Å². The molecule has 0 saturated heterocycles. The van der Waals surface area contributed by atoms with Crippen molar-refractivity contribution in [3.05, 3.63) is 0 Å². The molecule has 0 fully saturated rings. The van der Waals surface area contributed by atoms with Gasteiger partial charge in [-0.3, -0.25) is 0 Å². The maximum Gasteiger partial charge on any atom is 0.211 e. The van der Waals surface area contributed by atoms with Gasteiger partial charge in [-0.2, -0.15) is 0 Å². The molecule has 14 heavy (non-hydrogen) atoms. The Morgan fingerprint density at radius 2 is 1.79 bits per heavy atom. The third kappa shape index (κ3) is 7.76. The molecule has 1 atom stereocenters. The summed E-state index contributed by atoms with van der Waals surface area (Å²) >= 11 is 3.28. The van der Waals surface area contributed by atoms with Crippen molar-refractivity contribution in [2.75, 3.05) is 11.1 Å². The molecule has 0 amide bonds. The minimum absolute atomic E-state index is 0.0199. The first kappa shape index (κ1) is 14.4. The normalized spacial score (nSPS) is 14.6. The second kappa shape index (κ2) is 6.80. The summed E-state index contributed by atoms with van der Waals surface area (Å²) in [5.74, 6) is 0.662. The van der Waals surface area contributed by atoms with E-state index in [2.05, 4.69) is 20.7 Å².